The molecule has 7 rings (SSSR count). The second-order valence-electron chi connectivity index (χ2n) is 11.2. The number of anilines is 1. The molecule has 2 aliphatic heterocycles. The number of rotatable bonds is 6. The van der Waals surface area contributed by atoms with Gasteiger partial charge in [-0.05, 0) is 48.9 Å². The fraction of sp³-hybridized carbons (Fsp3) is 0.200. The Bertz CT molecular complexity index is 2180. The SMILES string of the molecule is CC1=C(C(=O)Nc2ccccc2)[C@@H](c2ccc(Cl)cc2)n2c(s/c(=C/c3cn(CC(=O)N4CCOCC4)c4ccccc34)c2=O)=N1. The van der Waals surface area contributed by atoms with E-state index in [4.69, 9.17) is 21.3 Å². The molecule has 0 radical (unpaired) electrons. The van der Waals surface area contributed by atoms with Crippen LogP contribution in [0, 0.1) is 0 Å². The Morgan fingerprint density at radius 2 is 1.74 bits per heavy atom. The van der Waals surface area contributed by atoms with Gasteiger partial charge in [-0.1, -0.05) is 71.5 Å². The summed E-state index contributed by atoms with van der Waals surface area (Å²) in [7, 11) is 0. The van der Waals surface area contributed by atoms with E-state index >= 15 is 0 Å². The maximum absolute atomic E-state index is 14.3. The van der Waals surface area contributed by atoms with Gasteiger partial charge in [0, 0.05) is 46.5 Å². The summed E-state index contributed by atoms with van der Waals surface area (Å²) in [6.07, 6.45) is 3.77. The number of carbonyl (C=O) groups excluding carboxylic acids is 2. The predicted molar refractivity (Wildman–Crippen MR) is 180 cm³/mol. The summed E-state index contributed by atoms with van der Waals surface area (Å²) in [5, 5.41) is 4.45. The lowest BCUT2D eigenvalue weighted by Crippen LogP contribution is -2.42. The lowest BCUT2D eigenvalue weighted by atomic mass is 9.95. The van der Waals surface area contributed by atoms with Gasteiger partial charge >= 0.3 is 0 Å². The van der Waals surface area contributed by atoms with E-state index in [1.165, 1.54) is 11.3 Å². The van der Waals surface area contributed by atoms with E-state index in [-0.39, 0.29) is 23.9 Å². The molecule has 2 aromatic heterocycles. The molecule has 5 aromatic rings. The summed E-state index contributed by atoms with van der Waals surface area (Å²) < 4.78 is 9.40. The molecule has 1 N–H and O–H groups in total. The second kappa shape index (κ2) is 12.6. The fourth-order valence-electron chi connectivity index (χ4n) is 6.01. The van der Waals surface area contributed by atoms with E-state index in [0.717, 1.165) is 22.0 Å². The molecule has 0 saturated carbocycles. The zero-order valence-corrected chi connectivity index (χ0v) is 26.6. The van der Waals surface area contributed by atoms with Crippen molar-refractivity contribution in [1.82, 2.24) is 14.0 Å². The number of ether oxygens (including phenoxy) is 1. The Balaban J connectivity index is 1.32. The molecule has 3 aromatic carbocycles. The van der Waals surface area contributed by atoms with Gasteiger partial charge < -0.3 is 19.5 Å². The summed E-state index contributed by atoms with van der Waals surface area (Å²) in [5.74, 6) is -0.315. The molecular formula is C35H30ClN5O4S. The Morgan fingerprint density at radius 3 is 2.50 bits per heavy atom. The largest absolute Gasteiger partial charge is 0.378 e. The molecule has 0 bridgehead atoms. The third-order valence-electron chi connectivity index (χ3n) is 8.26. The lowest BCUT2D eigenvalue weighted by Gasteiger charge is -2.27. The summed E-state index contributed by atoms with van der Waals surface area (Å²) in [6.45, 7) is 4.20. The Morgan fingerprint density at radius 1 is 1.02 bits per heavy atom. The van der Waals surface area contributed by atoms with Crippen LogP contribution in [-0.2, 0) is 20.9 Å². The average Bonchev–Trinajstić information content (AvgIpc) is 3.57. The first-order valence-electron chi connectivity index (χ1n) is 15.0. The fourth-order valence-corrected chi connectivity index (χ4v) is 7.18. The highest BCUT2D eigenvalue weighted by Crippen LogP contribution is 2.31. The van der Waals surface area contributed by atoms with E-state index in [1.54, 1.807) is 23.6 Å². The number of carbonyl (C=O) groups is 2. The molecule has 4 heterocycles. The standard InChI is InChI=1S/C35H30ClN5O4S/c1-22-31(33(43)38-26-7-3-2-4-8-26)32(23-11-13-25(36)14-12-23)41-34(44)29(46-35(41)37-22)19-24-20-40(28-10-6-5-9-27(24)28)21-30(42)39-15-17-45-18-16-39/h2-14,19-20,32H,15-18,21H2,1H3,(H,38,43)/b29-19+/t32-/m1/s1. The predicted octanol–water partition coefficient (Wildman–Crippen LogP) is 4.34. The molecule has 1 saturated heterocycles. The van der Waals surface area contributed by atoms with Crippen molar-refractivity contribution < 1.29 is 14.3 Å². The van der Waals surface area contributed by atoms with Crippen molar-refractivity contribution in [3.8, 4) is 0 Å². The third-order valence-corrected chi connectivity index (χ3v) is 9.49. The molecule has 0 spiro atoms. The Kier molecular flexibility index (Phi) is 8.16. The van der Waals surface area contributed by atoms with E-state index < -0.39 is 6.04 Å². The Hall–Kier alpha value is -4.77. The first-order chi connectivity index (χ1) is 22.4. The molecule has 1 fully saturated rings. The number of hydrogen-bond acceptors (Lipinski definition) is 6. The summed E-state index contributed by atoms with van der Waals surface area (Å²) in [6, 6.07) is 23.5. The molecule has 9 nitrogen and oxygen atoms in total. The number of thiazole rings is 1. The van der Waals surface area contributed by atoms with Crippen molar-refractivity contribution in [2.24, 2.45) is 4.99 Å². The van der Waals surface area contributed by atoms with Gasteiger partial charge in [0.05, 0.1) is 35.1 Å². The zero-order chi connectivity index (χ0) is 31.8. The lowest BCUT2D eigenvalue weighted by molar-refractivity contribution is -0.135. The van der Waals surface area contributed by atoms with Crippen LogP contribution in [-0.4, -0.2) is 52.2 Å². The summed E-state index contributed by atoms with van der Waals surface area (Å²) in [5.41, 5.74) is 3.74. The number of fused-ring (bicyclic) bond motifs is 2. The highest BCUT2D eigenvalue weighted by molar-refractivity contribution is 7.07. The van der Waals surface area contributed by atoms with Crippen molar-refractivity contribution in [2.45, 2.75) is 19.5 Å². The zero-order valence-electron chi connectivity index (χ0n) is 25.0. The molecule has 2 amide bonds. The number of para-hydroxylation sites is 2. The van der Waals surface area contributed by atoms with E-state index in [0.29, 0.717) is 57.6 Å². The molecule has 0 aliphatic carbocycles. The topological polar surface area (TPSA) is 97.9 Å². The average molecular weight is 652 g/mol. The maximum atomic E-state index is 14.3. The maximum Gasteiger partial charge on any atom is 0.271 e. The molecule has 46 heavy (non-hydrogen) atoms. The van der Waals surface area contributed by atoms with Crippen LogP contribution < -0.4 is 20.2 Å². The number of halogens is 1. The van der Waals surface area contributed by atoms with Gasteiger partial charge in [-0.25, -0.2) is 4.99 Å². The minimum atomic E-state index is -0.716. The van der Waals surface area contributed by atoms with Crippen molar-refractivity contribution in [1.29, 1.82) is 0 Å². The van der Waals surface area contributed by atoms with Crippen LogP contribution >= 0.6 is 22.9 Å². The van der Waals surface area contributed by atoms with Gasteiger partial charge in [0.1, 0.15) is 6.54 Å². The number of aromatic nitrogens is 2. The minimum Gasteiger partial charge on any atom is -0.378 e. The van der Waals surface area contributed by atoms with Crippen LogP contribution in [0.2, 0.25) is 5.02 Å². The smallest absolute Gasteiger partial charge is 0.271 e. The van der Waals surface area contributed by atoms with E-state index in [1.807, 2.05) is 88.5 Å². The summed E-state index contributed by atoms with van der Waals surface area (Å²) in [4.78, 5) is 48.2. The van der Waals surface area contributed by atoms with Crippen LogP contribution in [0.1, 0.15) is 24.1 Å². The van der Waals surface area contributed by atoms with Crippen molar-refractivity contribution in [3.05, 3.63) is 132 Å². The Labute approximate surface area is 273 Å². The van der Waals surface area contributed by atoms with Gasteiger partial charge in [0.25, 0.3) is 11.5 Å². The van der Waals surface area contributed by atoms with Crippen LogP contribution in [0.4, 0.5) is 5.69 Å². The first kappa shape index (κ1) is 29.9. The van der Waals surface area contributed by atoms with Gasteiger partial charge in [0.2, 0.25) is 5.91 Å². The number of amides is 2. The number of nitrogens with one attached hydrogen (secondary N) is 1. The molecule has 232 valence electrons. The first-order valence-corrected chi connectivity index (χ1v) is 16.1. The molecule has 2 aliphatic rings. The van der Waals surface area contributed by atoms with Crippen LogP contribution in [0.25, 0.3) is 17.0 Å². The van der Waals surface area contributed by atoms with Crippen molar-refractivity contribution in [2.75, 3.05) is 31.6 Å². The number of morpholine rings is 1. The van der Waals surface area contributed by atoms with Crippen molar-refractivity contribution in [3.63, 3.8) is 0 Å². The quantitative estimate of drug-likeness (QED) is 0.295. The normalized spacial score (nSPS) is 16.8. The number of allylic oxidation sites excluding steroid dienone is 1. The van der Waals surface area contributed by atoms with Gasteiger partial charge in [-0.3, -0.25) is 19.0 Å². The third kappa shape index (κ3) is 5.71. The highest BCUT2D eigenvalue weighted by atomic mass is 35.5. The number of hydrogen-bond donors (Lipinski definition) is 1. The van der Waals surface area contributed by atoms with Gasteiger partial charge in [-0.2, -0.15) is 0 Å². The van der Waals surface area contributed by atoms with Crippen molar-refractivity contribution >= 4 is 57.4 Å². The van der Waals surface area contributed by atoms with E-state index in [9.17, 15) is 14.4 Å². The number of nitrogens with zero attached hydrogens (tertiary/aromatic N) is 4. The van der Waals surface area contributed by atoms with Gasteiger partial charge in [0.15, 0.2) is 4.80 Å². The molecular weight excluding hydrogens is 622 g/mol. The monoisotopic (exact) mass is 651 g/mol. The molecule has 11 heteroatoms. The summed E-state index contributed by atoms with van der Waals surface area (Å²) >= 11 is 7.50. The minimum absolute atomic E-state index is 0.0229. The van der Waals surface area contributed by atoms with Crippen LogP contribution in [0.15, 0.2) is 106 Å². The second-order valence-corrected chi connectivity index (χ2v) is 12.6. The molecule has 1 atom stereocenters. The van der Waals surface area contributed by atoms with E-state index in [2.05, 4.69) is 5.32 Å². The van der Waals surface area contributed by atoms with Crippen LogP contribution in [0.3, 0.4) is 0 Å². The number of benzene rings is 3. The van der Waals surface area contributed by atoms with Gasteiger partial charge in [-0.15, -0.1) is 0 Å². The van der Waals surface area contributed by atoms with Crippen LogP contribution in [0.5, 0.6) is 0 Å². The highest BCUT2D eigenvalue weighted by Gasteiger charge is 2.32. The molecule has 0 unspecified atom stereocenters.